The molecule has 0 aliphatic carbocycles. The van der Waals surface area contributed by atoms with Crippen LogP contribution in [0.2, 0.25) is 5.02 Å². The van der Waals surface area contributed by atoms with E-state index in [1.807, 2.05) is 6.07 Å². The third-order valence-corrected chi connectivity index (χ3v) is 4.90. The van der Waals surface area contributed by atoms with Crippen molar-refractivity contribution in [1.29, 1.82) is 0 Å². The van der Waals surface area contributed by atoms with Gasteiger partial charge in [0.15, 0.2) is 0 Å². The summed E-state index contributed by atoms with van der Waals surface area (Å²) < 4.78 is 1.55. The number of carbonyl (C=O) groups excluding carboxylic acids is 1. The molecule has 7 heteroatoms. The molecular formula is C17H11Br2ClN2O2. The maximum absolute atomic E-state index is 12.3. The van der Waals surface area contributed by atoms with Gasteiger partial charge in [-0.1, -0.05) is 27.5 Å². The molecule has 0 aliphatic heterocycles. The Balaban J connectivity index is 1.93. The minimum absolute atomic E-state index is 0.119. The van der Waals surface area contributed by atoms with Crippen LogP contribution >= 0.6 is 43.5 Å². The van der Waals surface area contributed by atoms with E-state index < -0.39 is 6.03 Å². The Morgan fingerprint density at radius 2 is 1.62 bits per heavy atom. The molecular weight excluding hydrogens is 459 g/mol. The molecule has 24 heavy (non-hydrogen) atoms. The van der Waals surface area contributed by atoms with Crippen molar-refractivity contribution in [2.75, 3.05) is 10.6 Å². The van der Waals surface area contributed by atoms with Crippen LogP contribution in [-0.2, 0) is 0 Å². The maximum atomic E-state index is 12.3. The summed E-state index contributed by atoms with van der Waals surface area (Å²) in [5.41, 5.74) is 1.19. The van der Waals surface area contributed by atoms with Gasteiger partial charge in [-0.15, -0.1) is 0 Å². The van der Waals surface area contributed by atoms with E-state index >= 15 is 0 Å². The number of amides is 2. The zero-order chi connectivity index (χ0) is 17.3. The Labute approximate surface area is 160 Å². The summed E-state index contributed by atoms with van der Waals surface area (Å²) in [6.45, 7) is 0. The van der Waals surface area contributed by atoms with Gasteiger partial charge in [-0.3, -0.25) is 0 Å². The number of phenolic OH excluding ortho intramolecular Hbond substituents is 1. The third kappa shape index (κ3) is 3.66. The van der Waals surface area contributed by atoms with Gasteiger partial charge in [-0.25, -0.2) is 4.79 Å². The van der Waals surface area contributed by atoms with Crippen molar-refractivity contribution in [3.05, 3.63) is 62.5 Å². The van der Waals surface area contributed by atoms with Gasteiger partial charge >= 0.3 is 6.03 Å². The molecule has 4 nitrogen and oxygen atoms in total. The summed E-state index contributed by atoms with van der Waals surface area (Å²) in [5, 5.41) is 17.5. The summed E-state index contributed by atoms with van der Waals surface area (Å²) in [6.07, 6.45) is 0. The Morgan fingerprint density at radius 1 is 0.917 bits per heavy atom. The number of hydrogen-bond donors (Lipinski definition) is 3. The van der Waals surface area contributed by atoms with E-state index in [0.717, 1.165) is 9.86 Å². The summed E-state index contributed by atoms with van der Waals surface area (Å²) >= 11 is 12.8. The fraction of sp³-hybridized carbons (Fsp3) is 0. The second-order valence-electron chi connectivity index (χ2n) is 5.03. The van der Waals surface area contributed by atoms with Crippen molar-refractivity contribution in [3.8, 4) is 5.75 Å². The van der Waals surface area contributed by atoms with E-state index in [0.29, 0.717) is 26.3 Å². The van der Waals surface area contributed by atoms with Crippen molar-refractivity contribution >= 4 is 71.6 Å². The highest BCUT2D eigenvalue weighted by atomic mass is 79.9. The molecule has 2 amide bonds. The fourth-order valence-electron chi connectivity index (χ4n) is 2.27. The third-order valence-electron chi connectivity index (χ3n) is 3.36. The van der Waals surface area contributed by atoms with E-state index in [9.17, 15) is 9.90 Å². The van der Waals surface area contributed by atoms with Crippen LogP contribution in [0.5, 0.6) is 5.75 Å². The van der Waals surface area contributed by atoms with Crippen LogP contribution in [0.4, 0.5) is 16.2 Å². The van der Waals surface area contributed by atoms with Crippen molar-refractivity contribution in [1.82, 2.24) is 0 Å². The Kier molecular flexibility index (Phi) is 4.99. The Hall–Kier alpha value is -1.76. The highest BCUT2D eigenvalue weighted by molar-refractivity contribution is 9.11. The number of urea groups is 1. The number of rotatable bonds is 2. The van der Waals surface area contributed by atoms with Gasteiger partial charge in [0.2, 0.25) is 0 Å². The van der Waals surface area contributed by atoms with E-state index in [-0.39, 0.29) is 5.75 Å². The van der Waals surface area contributed by atoms with Crippen molar-refractivity contribution in [2.24, 2.45) is 0 Å². The minimum atomic E-state index is -0.398. The van der Waals surface area contributed by atoms with E-state index in [4.69, 9.17) is 11.6 Å². The van der Waals surface area contributed by atoms with Gasteiger partial charge < -0.3 is 15.7 Å². The number of halogens is 3. The number of nitrogens with one attached hydrogen (secondary N) is 2. The number of hydrogen-bond acceptors (Lipinski definition) is 2. The zero-order valence-corrected chi connectivity index (χ0v) is 16.0. The lowest BCUT2D eigenvalue weighted by molar-refractivity contribution is 0.262. The van der Waals surface area contributed by atoms with Crippen molar-refractivity contribution in [3.63, 3.8) is 0 Å². The van der Waals surface area contributed by atoms with Crippen LogP contribution in [0.15, 0.2) is 57.5 Å². The molecule has 0 unspecified atom stereocenters. The van der Waals surface area contributed by atoms with Crippen LogP contribution in [0, 0.1) is 0 Å². The summed E-state index contributed by atoms with van der Waals surface area (Å²) in [5.74, 6) is 0.119. The van der Waals surface area contributed by atoms with Crippen molar-refractivity contribution < 1.29 is 9.90 Å². The Bertz CT molecular complexity index is 930. The monoisotopic (exact) mass is 468 g/mol. The molecule has 0 atom stereocenters. The molecule has 122 valence electrons. The lowest BCUT2D eigenvalue weighted by atomic mass is 10.1. The van der Waals surface area contributed by atoms with Crippen molar-refractivity contribution in [2.45, 2.75) is 0 Å². The van der Waals surface area contributed by atoms with E-state index in [1.54, 1.807) is 42.5 Å². The largest absolute Gasteiger partial charge is 0.508 e. The standard InChI is InChI=1S/C17H11Br2ClN2O2/c18-14-8-15(19)16(13-7-11(23)5-6-12(13)14)22-17(24)21-10-3-1-9(20)2-4-10/h1-8,23H,(H2,21,22,24). The quantitative estimate of drug-likeness (QED) is 0.408. The number of anilines is 2. The van der Waals surface area contributed by atoms with E-state index in [1.165, 1.54) is 0 Å². The molecule has 3 aromatic carbocycles. The maximum Gasteiger partial charge on any atom is 0.323 e. The lowest BCUT2D eigenvalue weighted by Gasteiger charge is -2.14. The molecule has 0 saturated carbocycles. The van der Waals surface area contributed by atoms with Crippen LogP contribution in [0.3, 0.4) is 0 Å². The first-order valence-corrected chi connectivity index (χ1v) is 8.85. The van der Waals surface area contributed by atoms with Gasteiger partial charge in [0, 0.05) is 25.0 Å². The number of carbonyl (C=O) groups is 1. The van der Waals surface area contributed by atoms with Gasteiger partial charge in [0.05, 0.1) is 5.69 Å². The summed E-state index contributed by atoms with van der Waals surface area (Å²) in [4.78, 5) is 12.3. The van der Waals surface area contributed by atoms with Crippen LogP contribution in [0.1, 0.15) is 0 Å². The van der Waals surface area contributed by atoms with Gasteiger partial charge in [0.25, 0.3) is 0 Å². The lowest BCUT2D eigenvalue weighted by Crippen LogP contribution is -2.19. The highest BCUT2D eigenvalue weighted by Gasteiger charge is 2.13. The smallest absolute Gasteiger partial charge is 0.323 e. The first kappa shape index (κ1) is 17.1. The highest BCUT2D eigenvalue weighted by Crippen LogP contribution is 2.38. The molecule has 0 radical (unpaired) electrons. The molecule has 0 bridgehead atoms. The number of phenols is 1. The van der Waals surface area contributed by atoms with Gasteiger partial charge in [-0.05, 0) is 69.8 Å². The molecule has 3 rings (SSSR count). The molecule has 0 spiro atoms. The van der Waals surface area contributed by atoms with Crippen LogP contribution < -0.4 is 10.6 Å². The van der Waals surface area contributed by atoms with Crippen LogP contribution in [0.25, 0.3) is 10.8 Å². The molecule has 0 aliphatic rings. The van der Waals surface area contributed by atoms with Gasteiger partial charge in [-0.2, -0.15) is 0 Å². The second-order valence-corrected chi connectivity index (χ2v) is 7.18. The zero-order valence-electron chi connectivity index (χ0n) is 12.1. The fourth-order valence-corrected chi connectivity index (χ4v) is 3.82. The topological polar surface area (TPSA) is 61.4 Å². The molecule has 0 aromatic heterocycles. The molecule has 0 saturated heterocycles. The molecule has 3 N–H and O–H groups in total. The van der Waals surface area contributed by atoms with Gasteiger partial charge in [0.1, 0.15) is 5.75 Å². The molecule has 0 fully saturated rings. The molecule has 3 aromatic rings. The summed E-state index contributed by atoms with van der Waals surface area (Å²) in [7, 11) is 0. The normalized spacial score (nSPS) is 10.6. The average molecular weight is 471 g/mol. The number of aromatic hydroxyl groups is 1. The first-order chi connectivity index (χ1) is 11.4. The predicted octanol–water partition coefficient (Wildman–Crippen LogP) is 6.37. The average Bonchev–Trinajstić information content (AvgIpc) is 2.53. The Morgan fingerprint density at radius 3 is 2.33 bits per heavy atom. The SMILES string of the molecule is O=C(Nc1ccc(Cl)cc1)Nc1c(Br)cc(Br)c2ccc(O)cc12. The molecule has 0 heterocycles. The number of benzene rings is 3. The van der Waals surface area contributed by atoms with Crippen LogP contribution in [-0.4, -0.2) is 11.1 Å². The minimum Gasteiger partial charge on any atom is -0.508 e. The van der Waals surface area contributed by atoms with E-state index in [2.05, 4.69) is 42.5 Å². The predicted molar refractivity (Wildman–Crippen MR) is 105 cm³/mol. The summed E-state index contributed by atoms with van der Waals surface area (Å²) in [6, 6.07) is 13.2. The number of fused-ring (bicyclic) bond motifs is 1. The first-order valence-electron chi connectivity index (χ1n) is 6.88. The second kappa shape index (κ2) is 7.01.